The molecule has 3 N–H and O–H groups in total. The molecule has 7 heteroatoms. The summed E-state index contributed by atoms with van der Waals surface area (Å²) >= 11 is 0. The van der Waals surface area contributed by atoms with Crippen molar-refractivity contribution in [3.05, 3.63) is 95.8 Å². The number of carbonyl (C=O) groups excluding carboxylic acids is 1. The summed E-state index contributed by atoms with van der Waals surface area (Å²) in [6, 6.07) is 18.9. The molecule has 1 unspecified atom stereocenters. The first-order chi connectivity index (χ1) is 15.2. The van der Waals surface area contributed by atoms with Gasteiger partial charge in [0.05, 0.1) is 17.3 Å². The molecule has 1 aromatic heterocycles. The summed E-state index contributed by atoms with van der Waals surface area (Å²) in [6.45, 7) is 1.82. The Morgan fingerprint density at radius 2 is 1.75 bits per heavy atom. The van der Waals surface area contributed by atoms with Crippen LogP contribution in [0.2, 0.25) is 0 Å². The third-order valence-electron chi connectivity index (χ3n) is 5.26. The minimum absolute atomic E-state index is 0.261. The number of anilines is 1. The van der Waals surface area contributed by atoms with Gasteiger partial charge >= 0.3 is 6.18 Å². The minimum atomic E-state index is -4.38. The lowest BCUT2D eigenvalue weighted by molar-refractivity contribution is -0.137. The Morgan fingerprint density at radius 3 is 2.44 bits per heavy atom. The maximum atomic E-state index is 12.9. The Labute approximate surface area is 182 Å². The Hall–Kier alpha value is -3.87. The van der Waals surface area contributed by atoms with Crippen molar-refractivity contribution in [1.29, 1.82) is 0 Å². The van der Waals surface area contributed by atoms with Gasteiger partial charge in [0.15, 0.2) is 0 Å². The van der Waals surface area contributed by atoms with Gasteiger partial charge in [0.25, 0.3) is 5.91 Å². The van der Waals surface area contributed by atoms with Crippen molar-refractivity contribution in [2.45, 2.75) is 19.1 Å². The Morgan fingerprint density at radius 1 is 1.00 bits per heavy atom. The molecule has 0 fully saturated rings. The van der Waals surface area contributed by atoms with Gasteiger partial charge in [0, 0.05) is 17.4 Å². The van der Waals surface area contributed by atoms with Crippen LogP contribution in [0.4, 0.5) is 18.9 Å². The van der Waals surface area contributed by atoms with Gasteiger partial charge in [0.1, 0.15) is 0 Å². The van der Waals surface area contributed by atoms with Crippen LogP contribution >= 0.6 is 0 Å². The smallest absolute Gasteiger partial charge is 0.399 e. The Balaban J connectivity index is 1.61. The van der Waals surface area contributed by atoms with E-state index in [1.807, 2.05) is 25.1 Å². The van der Waals surface area contributed by atoms with Crippen molar-refractivity contribution in [2.75, 3.05) is 5.73 Å². The summed E-state index contributed by atoms with van der Waals surface area (Å²) in [4.78, 5) is 17.0. The molecule has 1 heterocycles. The summed E-state index contributed by atoms with van der Waals surface area (Å²) in [5.74, 6) is -0.261. The van der Waals surface area contributed by atoms with Crippen LogP contribution in [0.15, 0.2) is 79.0 Å². The van der Waals surface area contributed by atoms with E-state index in [1.165, 1.54) is 12.1 Å². The molecule has 32 heavy (non-hydrogen) atoms. The zero-order valence-corrected chi connectivity index (χ0v) is 17.1. The number of pyridine rings is 1. The lowest BCUT2D eigenvalue weighted by atomic mass is 9.96. The highest BCUT2D eigenvalue weighted by Gasteiger charge is 2.30. The number of halogens is 3. The van der Waals surface area contributed by atoms with Crippen LogP contribution in [0.1, 0.15) is 34.6 Å². The van der Waals surface area contributed by atoms with E-state index >= 15 is 0 Å². The molecule has 0 saturated heterocycles. The molecule has 3 aromatic carbocycles. The molecule has 0 saturated carbocycles. The quantitative estimate of drug-likeness (QED) is 0.414. The number of benzene rings is 3. The van der Waals surface area contributed by atoms with Crippen LogP contribution in [0.5, 0.6) is 0 Å². The summed E-state index contributed by atoms with van der Waals surface area (Å²) < 4.78 is 38.6. The third-order valence-corrected chi connectivity index (χ3v) is 5.26. The van der Waals surface area contributed by atoms with Crippen molar-refractivity contribution >= 4 is 22.4 Å². The van der Waals surface area contributed by atoms with E-state index in [0.717, 1.165) is 28.5 Å². The van der Waals surface area contributed by atoms with Gasteiger partial charge in [-0.25, -0.2) is 0 Å². The summed E-state index contributed by atoms with van der Waals surface area (Å²) in [5.41, 5.74) is 8.25. The monoisotopic (exact) mass is 435 g/mol. The second-order valence-corrected chi connectivity index (χ2v) is 7.53. The number of alkyl halides is 3. The molecular weight excluding hydrogens is 415 g/mol. The van der Waals surface area contributed by atoms with Crippen LogP contribution in [-0.4, -0.2) is 10.9 Å². The second-order valence-electron chi connectivity index (χ2n) is 7.53. The number of amides is 1. The highest BCUT2D eigenvalue weighted by atomic mass is 19.4. The fourth-order valence-corrected chi connectivity index (χ4v) is 3.57. The van der Waals surface area contributed by atoms with E-state index in [1.54, 1.807) is 36.5 Å². The zero-order valence-electron chi connectivity index (χ0n) is 17.1. The number of aromatic nitrogens is 1. The molecule has 0 radical (unpaired) electrons. The van der Waals surface area contributed by atoms with Gasteiger partial charge in [-0.2, -0.15) is 13.2 Å². The summed E-state index contributed by atoms with van der Waals surface area (Å²) in [6.07, 6.45) is -2.79. The number of nitrogens with two attached hydrogens (primary N) is 1. The van der Waals surface area contributed by atoms with Gasteiger partial charge < -0.3 is 11.1 Å². The molecule has 4 rings (SSSR count). The van der Waals surface area contributed by atoms with E-state index in [2.05, 4.69) is 10.3 Å². The molecule has 0 aliphatic carbocycles. The molecule has 1 atom stereocenters. The fourth-order valence-electron chi connectivity index (χ4n) is 3.57. The molecular formula is C25H20F3N3O. The number of nitrogen functional groups attached to an aromatic ring is 1. The standard InChI is InChI=1S/C25H20F3N3O/c1-15(23-14-20(29)11-12-30-23)31-24(32)18-7-10-22-17(13-18)3-2-4-21(22)16-5-8-19(9-6-16)25(26,27)28/h2-15H,1H3,(H2,29,30)(H,31,32). The number of carbonyl (C=O) groups is 1. The van der Waals surface area contributed by atoms with E-state index in [9.17, 15) is 18.0 Å². The molecule has 4 nitrogen and oxygen atoms in total. The lowest BCUT2D eigenvalue weighted by Gasteiger charge is -2.15. The highest BCUT2D eigenvalue weighted by molar-refractivity contribution is 6.02. The van der Waals surface area contributed by atoms with Gasteiger partial charge in [0.2, 0.25) is 0 Å². The highest BCUT2D eigenvalue weighted by Crippen LogP contribution is 2.33. The Bertz CT molecular complexity index is 1280. The maximum Gasteiger partial charge on any atom is 0.416 e. The van der Waals surface area contributed by atoms with Crippen LogP contribution in [-0.2, 0) is 6.18 Å². The second kappa shape index (κ2) is 8.34. The zero-order chi connectivity index (χ0) is 22.9. The van der Waals surface area contributed by atoms with E-state index in [-0.39, 0.29) is 11.9 Å². The van der Waals surface area contributed by atoms with Crippen LogP contribution in [0.25, 0.3) is 21.9 Å². The van der Waals surface area contributed by atoms with E-state index in [4.69, 9.17) is 5.73 Å². The molecule has 1 amide bonds. The molecule has 0 aliphatic rings. The first kappa shape index (κ1) is 21.4. The number of hydrogen-bond acceptors (Lipinski definition) is 3. The van der Waals surface area contributed by atoms with Crippen LogP contribution in [0.3, 0.4) is 0 Å². The average molecular weight is 435 g/mol. The molecule has 162 valence electrons. The van der Waals surface area contributed by atoms with E-state index in [0.29, 0.717) is 22.5 Å². The first-order valence-electron chi connectivity index (χ1n) is 9.95. The molecule has 0 bridgehead atoms. The van der Waals surface area contributed by atoms with Crippen molar-refractivity contribution in [3.63, 3.8) is 0 Å². The number of nitrogens with one attached hydrogen (secondary N) is 1. The summed E-state index contributed by atoms with van der Waals surface area (Å²) in [7, 11) is 0. The minimum Gasteiger partial charge on any atom is -0.399 e. The predicted molar refractivity (Wildman–Crippen MR) is 119 cm³/mol. The van der Waals surface area contributed by atoms with Gasteiger partial charge in [-0.15, -0.1) is 0 Å². The SMILES string of the molecule is CC(NC(=O)c1ccc2c(-c3ccc(C(F)(F)F)cc3)cccc2c1)c1cc(N)ccn1. The Kier molecular flexibility index (Phi) is 5.57. The van der Waals surface area contributed by atoms with Crippen LogP contribution < -0.4 is 11.1 Å². The fraction of sp³-hybridized carbons (Fsp3) is 0.120. The van der Waals surface area contributed by atoms with Crippen LogP contribution in [0, 0.1) is 0 Å². The van der Waals surface area contributed by atoms with Crippen molar-refractivity contribution < 1.29 is 18.0 Å². The molecule has 0 aliphatic heterocycles. The van der Waals surface area contributed by atoms with Gasteiger partial charge in [-0.1, -0.05) is 36.4 Å². The lowest BCUT2D eigenvalue weighted by Crippen LogP contribution is -2.27. The average Bonchev–Trinajstić information content (AvgIpc) is 2.77. The largest absolute Gasteiger partial charge is 0.416 e. The number of nitrogens with zero attached hydrogens (tertiary/aromatic N) is 1. The normalized spacial score (nSPS) is 12.5. The maximum absolute atomic E-state index is 12.9. The van der Waals surface area contributed by atoms with E-state index < -0.39 is 11.7 Å². The summed E-state index contributed by atoms with van der Waals surface area (Å²) in [5, 5.41) is 4.56. The number of hydrogen-bond donors (Lipinski definition) is 2. The van der Waals surface area contributed by atoms with Crippen molar-refractivity contribution in [1.82, 2.24) is 10.3 Å². The van der Waals surface area contributed by atoms with Crippen molar-refractivity contribution in [3.8, 4) is 11.1 Å². The van der Waals surface area contributed by atoms with Crippen molar-refractivity contribution in [2.24, 2.45) is 0 Å². The first-order valence-corrected chi connectivity index (χ1v) is 9.95. The van der Waals surface area contributed by atoms with Gasteiger partial charge in [-0.3, -0.25) is 9.78 Å². The number of rotatable bonds is 4. The molecule has 0 spiro atoms. The predicted octanol–water partition coefficient (Wildman–Crippen LogP) is 5.99. The third kappa shape index (κ3) is 4.42. The molecule has 4 aromatic rings. The van der Waals surface area contributed by atoms with Gasteiger partial charge in [-0.05, 0) is 65.2 Å². The topological polar surface area (TPSA) is 68.0 Å². The number of fused-ring (bicyclic) bond motifs is 1.